The van der Waals surface area contributed by atoms with Crippen LogP contribution in [-0.4, -0.2) is 28.9 Å². The van der Waals surface area contributed by atoms with Gasteiger partial charge in [-0.1, -0.05) is 13.8 Å². The first-order valence-electron chi connectivity index (χ1n) is 6.41. The van der Waals surface area contributed by atoms with Gasteiger partial charge in [-0.15, -0.1) is 11.8 Å². The van der Waals surface area contributed by atoms with Crippen LogP contribution in [0, 0.1) is 5.82 Å². The van der Waals surface area contributed by atoms with Crippen molar-refractivity contribution in [3.05, 3.63) is 30.1 Å². The van der Waals surface area contributed by atoms with Gasteiger partial charge in [0.1, 0.15) is 11.4 Å². The van der Waals surface area contributed by atoms with E-state index in [1.807, 2.05) is 13.8 Å². The molecule has 0 aliphatic rings. The molecule has 0 heterocycles. The van der Waals surface area contributed by atoms with Gasteiger partial charge in [0.15, 0.2) is 0 Å². The smallest absolute Gasteiger partial charge is 0.323 e. The molecule has 0 radical (unpaired) electrons. The van der Waals surface area contributed by atoms with Crippen LogP contribution in [0.3, 0.4) is 0 Å². The average Bonchev–Trinajstić information content (AvgIpc) is 2.41. The fraction of sp³-hybridized carbons (Fsp3) is 0.500. The predicted molar refractivity (Wildman–Crippen MR) is 76.1 cm³/mol. The highest BCUT2D eigenvalue weighted by atomic mass is 32.2. The molecule has 0 aromatic heterocycles. The van der Waals surface area contributed by atoms with E-state index in [0.717, 1.165) is 10.6 Å². The highest BCUT2D eigenvalue weighted by Gasteiger charge is 2.33. The average molecular weight is 285 g/mol. The van der Waals surface area contributed by atoms with Crippen molar-refractivity contribution >= 4 is 17.7 Å². The molecule has 5 heteroatoms. The molecular formula is C14H20FNO2S. The van der Waals surface area contributed by atoms with Crippen LogP contribution in [0.2, 0.25) is 0 Å². The summed E-state index contributed by atoms with van der Waals surface area (Å²) in [6.07, 6.45) is 1.11. The second kappa shape index (κ2) is 7.50. The molecule has 1 rings (SSSR count). The summed E-state index contributed by atoms with van der Waals surface area (Å²) in [5.41, 5.74) is -0.830. The van der Waals surface area contributed by atoms with E-state index in [0.29, 0.717) is 19.4 Å². The molecular weight excluding hydrogens is 265 g/mol. The van der Waals surface area contributed by atoms with Gasteiger partial charge in [0.2, 0.25) is 0 Å². The number of rotatable bonds is 8. The van der Waals surface area contributed by atoms with E-state index in [2.05, 4.69) is 5.32 Å². The van der Waals surface area contributed by atoms with Crippen LogP contribution >= 0.6 is 11.8 Å². The number of carboxylic acid groups (broad SMARTS) is 1. The number of thioether (sulfide) groups is 1. The lowest BCUT2D eigenvalue weighted by Gasteiger charge is -2.28. The lowest BCUT2D eigenvalue weighted by molar-refractivity contribution is -0.145. The van der Waals surface area contributed by atoms with Crippen molar-refractivity contribution in [2.75, 3.05) is 12.3 Å². The number of carbonyl (C=O) groups is 1. The number of hydrogen-bond donors (Lipinski definition) is 2. The van der Waals surface area contributed by atoms with E-state index in [4.69, 9.17) is 0 Å². The Morgan fingerprint density at radius 3 is 2.37 bits per heavy atom. The van der Waals surface area contributed by atoms with Gasteiger partial charge in [-0.2, -0.15) is 0 Å². The second-order valence-electron chi connectivity index (χ2n) is 4.32. The predicted octanol–water partition coefficient (Wildman–Crippen LogP) is 3.15. The van der Waals surface area contributed by atoms with Gasteiger partial charge in [-0.3, -0.25) is 4.79 Å². The van der Waals surface area contributed by atoms with Gasteiger partial charge < -0.3 is 10.4 Å². The molecule has 1 aromatic carbocycles. The maximum atomic E-state index is 12.7. The van der Waals surface area contributed by atoms with Crippen molar-refractivity contribution in [2.24, 2.45) is 0 Å². The maximum absolute atomic E-state index is 12.7. The van der Waals surface area contributed by atoms with Crippen LogP contribution in [0.1, 0.15) is 26.7 Å². The van der Waals surface area contributed by atoms with E-state index >= 15 is 0 Å². The summed E-state index contributed by atoms with van der Waals surface area (Å²) in [5, 5.41) is 12.4. The molecule has 0 aliphatic heterocycles. The zero-order chi connectivity index (χ0) is 14.3. The number of benzene rings is 1. The molecule has 0 fully saturated rings. The number of aliphatic carboxylic acids is 1. The zero-order valence-corrected chi connectivity index (χ0v) is 12.1. The van der Waals surface area contributed by atoms with E-state index in [1.54, 1.807) is 23.9 Å². The molecule has 2 N–H and O–H groups in total. The summed E-state index contributed by atoms with van der Waals surface area (Å²) >= 11 is 1.58. The molecule has 1 aromatic rings. The Bertz CT molecular complexity index is 404. The van der Waals surface area contributed by atoms with Crippen LogP contribution in [0.15, 0.2) is 29.2 Å². The molecule has 0 amide bonds. The number of nitrogens with one attached hydrogen (secondary N) is 1. The highest BCUT2D eigenvalue weighted by Crippen LogP contribution is 2.19. The van der Waals surface area contributed by atoms with Gasteiger partial charge >= 0.3 is 5.97 Å². The largest absolute Gasteiger partial charge is 0.480 e. The van der Waals surface area contributed by atoms with Crippen molar-refractivity contribution in [1.29, 1.82) is 0 Å². The molecule has 0 saturated heterocycles. The quantitative estimate of drug-likeness (QED) is 0.569. The van der Waals surface area contributed by atoms with Gasteiger partial charge in [-0.05, 0) is 37.1 Å². The van der Waals surface area contributed by atoms with Gasteiger partial charge in [0, 0.05) is 17.2 Å². The summed E-state index contributed by atoms with van der Waals surface area (Å²) in [6, 6.07) is 6.30. The molecule has 106 valence electrons. The first-order valence-corrected chi connectivity index (χ1v) is 7.39. The zero-order valence-electron chi connectivity index (χ0n) is 11.3. The Hall–Kier alpha value is -1.07. The molecule has 3 nitrogen and oxygen atoms in total. The van der Waals surface area contributed by atoms with E-state index in [-0.39, 0.29) is 5.82 Å². The van der Waals surface area contributed by atoms with Crippen LogP contribution in [0.4, 0.5) is 4.39 Å². The second-order valence-corrected chi connectivity index (χ2v) is 5.49. The Morgan fingerprint density at radius 2 is 1.89 bits per heavy atom. The van der Waals surface area contributed by atoms with Crippen LogP contribution in [-0.2, 0) is 4.79 Å². The third-order valence-electron chi connectivity index (χ3n) is 3.26. The van der Waals surface area contributed by atoms with Crippen molar-refractivity contribution in [3.8, 4) is 0 Å². The lowest BCUT2D eigenvalue weighted by Crippen LogP contribution is -2.51. The summed E-state index contributed by atoms with van der Waals surface area (Å²) in [7, 11) is 0. The molecule has 0 saturated carbocycles. The molecule has 0 atom stereocenters. The normalized spacial score (nSPS) is 11.5. The molecule has 19 heavy (non-hydrogen) atoms. The van der Waals surface area contributed by atoms with Crippen molar-refractivity contribution in [1.82, 2.24) is 5.32 Å². The Labute approximate surface area is 117 Å². The maximum Gasteiger partial charge on any atom is 0.323 e. The Kier molecular flexibility index (Phi) is 6.31. The summed E-state index contributed by atoms with van der Waals surface area (Å²) in [6.45, 7) is 4.35. The van der Waals surface area contributed by atoms with Crippen LogP contribution in [0.25, 0.3) is 0 Å². The van der Waals surface area contributed by atoms with Gasteiger partial charge in [0.25, 0.3) is 0 Å². The number of halogens is 1. The number of carboxylic acids is 1. The molecule has 0 spiro atoms. The third kappa shape index (κ3) is 4.51. The minimum atomic E-state index is -0.830. The van der Waals surface area contributed by atoms with E-state index < -0.39 is 11.5 Å². The Balaban J connectivity index is 2.41. The van der Waals surface area contributed by atoms with E-state index in [9.17, 15) is 14.3 Å². The summed E-state index contributed by atoms with van der Waals surface area (Å²) in [5.74, 6) is -0.297. The standard InChI is InChI=1S/C14H20FNO2S/c1-3-14(4-2,13(17)18)16-9-10-19-12-7-5-11(15)6-8-12/h5-8,16H,3-4,9-10H2,1-2H3,(H,17,18). The van der Waals surface area contributed by atoms with Gasteiger partial charge in [0.05, 0.1) is 0 Å². The monoisotopic (exact) mass is 285 g/mol. The first-order chi connectivity index (χ1) is 9.04. The van der Waals surface area contributed by atoms with Crippen LogP contribution in [0.5, 0.6) is 0 Å². The van der Waals surface area contributed by atoms with Gasteiger partial charge in [-0.25, -0.2) is 4.39 Å². The van der Waals surface area contributed by atoms with Crippen molar-refractivity contribution in [3.63, 3.8) is 0 Å². The highest BCUT2D eigenvalue weighted by molar-refractivity contribution is 7.99. The molecule has 0 aliphatic carbocycles. The topological polar surface area (TPSA) is 49.3 Å². The SMILES string of the molecule is CCC(CC)(NCCSc1ccc(F)cc1)C(=O)O. The third-order valence-corrected chi connectivity index (χ3v) is 4.28. The molecule has 0 unspecified atom stereocenters. The Morgan fingerprint density at radius 1 is 1.32 bits per heavy atom. The minimum Gasteiger partial charge on any atom is -0.480 e. The summed E-state index contributed by atoms with van der Waals surface area (Å²) < 4.78 is 12.7. The first kappa shape index (κ1) is 16.0. The molecule has 0 bridgehead atoms. The number of hydrogen-bond acceptors (Lipinski definition) is 3. The fourth-order valence-corrected chi connectivity index (χ4v) is 2.64. The lowest BCUT2D eigenvalue weighted by atomic mass is 9.93. The summed E-state index contributed by atoms with van der Waals surface area (Å²) in [4.78, 5) is 12.3. The van der Waals surface area contributed by atoms with Crippen LogP contribution < -0.4 is 5.32 Å². The van der Waals surface area contributed by atoms with E-state index in [1.165, 1.54) is 12.1 Å². The van der Waals surface area contributed by atoms with Crippen molar-refractivity contribution in [2.45, 2.75) is 37.1 Å². The fourth-order valence-electron chi connectivity index (χ4n) is 1.87. The minimum absolute atomic E-state index is 0.246. The van der Waals surface area contributed by atoms with Crippen molar-refractivity contribution < 1.29 is 14.3 Å².